The molecule has 2 aliphatic rings. The Morgan fingerprint density at radius 2 is 1.52 bits per heavy atom. The molecule has 0 saturated heterocycles. The van der Waals surface area contributed by atoms with E-state index in [1.165, 1.54) is 12.1 Å². The van der Waals surface area contributed by atoms with Crippen LogP contribution in [0.5, 0.6) is 11.5 Å². The van der Waals surface area contributed by atoms with Crippen LogP contribution >= 0.6 is 0 Å². The summed E-state index contributed by atoms with van der Waals surface area (Å²) in [6.45, 7) is 21.9. The Morgan fingerprint density at radius 3 is 2.05 bits per heavy atom. The van der Waals surface area contributed by atoms with E-state index in [9.17, 15) is 24.9 Å². The molecule has 0 aliphatic heterocycles. The van der Waals surface area contributed by atoms with Crippen molar-refractivity contribution in [3.63, 3.8) is 0 Å². The number of phenolic OH excluding ortho intramolecular Hbond substituents is 2. The third-order valence-corrected chi connectivity index (χ3v) is 10.0. The van der Waals surface area contributed by atoms with Gasteiger partial charge in [0.2, 0.25) is 0 Å². The smallest absolute Gasteiger partial charge is 0.200 e. The number of rotatable bonds is 11. The maximum absolute atomic E-state index is 15.2. The van der Waals surface area contributed by atoms with Gasteiger partial charge in [-0.1, -0.05) is 60.9 Å². The summed E-state index contributed by atoms with van der Waals surface area (Å²) in [7, 11) is 0. The van der Waals surface area contributed by atoms with Gasteiger partial charge in [0.25, 0.3) is 0 Å². The second-order valence-corrected chi connectivity index (χ2v) is 14.3. The van der Waals surface area contributed by atoms with Crippen molar-refractivity contribution in [2.75, 3.05) is 0 Å². The minimum Gasteiger partial charge on any atom is -0.510 e. The molecule has 0 spiro atoms. The van der Waals surface area contributed by atoms with Crippen molar-refractivity contribution in [2.24, 2.45) is 28.1 Å². The lowest BCUT2D eigenvalue weighted by atomic mass is 9.39. The average molecular weight is 603 g/mol. The number of hydrogen-bond donors (Lipinski definition) is 3. The zero-order chi connectivity index (χ0) is 33.4. The molecule has 2 bridgehead atoms. The lowest BCUT2D eigenvalue weighted by Gasteiger charge is -2.60. The quantitative estimate of drug-likeness (QED) is 0.0766. The second kappa shape index (κ2) is 12.7. The molecular formula is C38H50O6. The van der Waals surface area contributed by atoms with E-state index < -0.39 is 50.6 Å². The van der Waals surface area contributed by atoms with Crippen molar-refractivity contribution >= 4 is 17.3 Å². The summed E-state index contributed by atoms with van der Waals surface area (Å²) >= 11 is 0. The number of aromatic hydroxyl groups is 2. The molecule has 4 unspecified atom stereocenters. The van der Waals surface area contributed by atoms with Crippen molar-refractivity contribution in [3.8, 4) is 11.5 Å². The van der Waals surface area contributed by atoms with E-state index in [0.29, 0.717) is 12.8 Å². The number of carbonyl (C=O) groups excluding carboxylic acids is 3. The molecule has 1 aromatic carbocycles. The number of ketones is 3. The van der Waals surface area contributed by atoms with Gasteiger partial charge >= 0.3 is 0 Å². The van der Waals surface area contributed by atoms with E-state index in [2.05, 4.69) is 18.7 Å². The van der Waals surface area contributed by atoms with Crippen LogP contribution in [0.2, 0.25) is 0 Å². The lowest BCUT2D eigenvalue weighted by molar-refractivity contribution is -0.172. The molecule has 3 N–H and O–H groups in total. The van der Waals surface area contributed by atoms with Crippen LogP contribution in [-0.2, 0) is 9.59 Å². The van der Waals surface area contributed by atoms with Gasteiger partial charge in [-0.3, -0.25) is 14.4 Å². The molecule has 238 valence electrons. The standard InChI is InChI=1S/C38H50O6/c1-22(2)11-13-27(25(7)8)20-37-21-28(15-12-23(3)4)36(9,10)38(35(37)44,18-17-24(5)6)34(43)31(33(37)42)32(41)26-14-16-29(39)30(40)19-26/h11-12,14,16-17,19,27-28,39-40,42H,7,13,15,18,20-21H2,1-6,8-10H3. The van der Waals surface area contributed by atoms with Gasteiger partial charge in [0.05, 0.1) is 5.41 Å². The molecule has 1 saturated carbocycles. The topological polar surface area (TPSA) is 112 Å². The van der Waals surface area contributed by atoms with E-state index in [-0.39, 0.29) is 42.4 Å². The van der Waals surface area contributed by atoms with Crippen LogP contribution in [0, 0.1) is 28.1 Å². The Morgan fingerprint density at radius 1 is 0.932 bits per heavy atom. The van der Waals surface area contributed by atoms with E-state index in [1.807, 2.05) is 68.4 Å². The van der Waals surface area contributed by atoms with Crippen LogP contribution in [0.1, 0.15) is 105 Å². The molecular weight excluding hydrogens is 552 g/mol. The first-order valence-corrected chi connectivity index (χ1v) is 15.5. The highest BCUT2D eigenvalue weighted by atomic mass is 16.3. The molecule has 0 aromatic heterocycles. The number of fused-ring (bicyclic) bond motifs is 2. The second-order valence-electron chi connectivity index (χ2n) is 14.3. The van der Waals surface area contributed by atoms with E-state index in [4.69, 9.17) is 0 Å². The first-order valence-electron chi connectivity index (χ1n) is 15.5. The minimum atomic E-state index is -1.62. The van der Waals surface area contributed by atoms with Gasteiger partial charge in [0, 0.05) is 5.56 Å². The highest BCUT2D eigenvalue weighted by molar-refractivity contribution is 6.35. The van der Waals surface area contributed by atoms with Crippen molar-refractivity contribution in [1.29, 1.82) is 0 Å². The van der Waals surface area contributed by atoms with Gasteiger partial charge in [-0.25, -0.2) is 0 Å². The monoisotopic (exact) mass is 602 g/mol. The van der Waals surface area contributed by atoms with E-state index in [0.717, 1.165) is 28.4 Å². The van der Waals surface area contributed by atoms with Crippen molar-refractivity contribution in [1.82, 2.24) is 0 Å². The zero-order valence-electron chi connectivity index (χ0n) is 27.9. The van der Waals surface area contributed by atoms with E-state index >= 15 is 4.79 Å². The van der Waals surface area contributed by atoms with Gasteiger partial charge in [0.15, 0.2) is 28.8 Å². The van der Waals surface area contributed by atoms with Crippen molar-refractivity contribution in [2.45, 2.75) is 94.4 Å². The summed E-state index contributed by atoms with van der Waals surface area (Å²) in [5.41, 5.74) is -0.430. The molecule has 6 heteroatoms. The minimum absolute atomic E-state index is 0.0602. The predicted octanol–water partition coefficient (Wildman–Crippen LogP) is 8.91. The third-order valence-electron chi connectivity index (χ3n) is 10.0. The third kappa shape index (κ3) is 6.00. The molecule has 2 aliphatic carbocycles. The maximum Gasteiger partial charge on any atom is 0.200 e. The number of aliphatic hydroxyl groups excluding tert-OH is 1. The van der Waals surface area contributed by atoms with Crippen LogP contribution in [0.25, 0.3) is 0 Å². The van der Waals surface area contributed by atoms with Gasteiger partial charge in [-0.05, 0) is 116 Å². The Hall–Kier alpha value is -3.67. The van der Waals surface area contributed by atoms with Crippen molar-refractivity contribution in [3.05, 3.63) is 82.2 Å². The number of hydrogen-bond acceptors (Lipinski definition) is 6. The van der Waals surface area contributed by atoms with Crippen LogP contribution in [0.15, 0.2) is 76.6 Å². The average Bonchev–Trinajstić information content (AvgIpc) is 2.91. The zero-order valence-corrected chi connectivity index (χ0v) is 27.9. The summed E-state index contributed by atoms with van der Waals surface area (Å²) in [5, 5.41) is 32.3. The lowest BCUT2D eigenvalue weighted by Crippen LogP contribution is -2.67. The molecule has 0 heterocycles. The number of phenols is 2. The maximum atomic E-state index is 15.2. The van der Waals surface area contributed by atoms with Gasteiger partial charge in [-0.2, -0.15) is 0 Å². The Balaban J connectivity index is 2.46. The number of aliphatic hydroxyl groups is 1. The molecule has 1 fully saturated rings. The summed E-state index contributed by atoms with van der Waals surface area (Å²) in [4.78, 5) is 44.3. The normalized spacial score (nSPS) is 24.8. The Kier molecular flexibility index (Phi) is 10.1. The molecule has 3 rings (SSSR count). The predicted molar refractivity (Wildman–Crippen MR) is 176 cm³/mol. The highest BCUT2D eigenvalue weighted by Gasteiger charge is 2.72. The fourth-order valence-electron chi connectivity index (χ4n) is 7.09. The molecule has 0 amide bonds. The number of allylic oxidation sites excluding steroid dienone is 9. The van der Waals surface area contributed by atoms with Gasteiger partial charge in [0.1, 0.15) is 16.7 Å². The largest absolute Gasteiger partial charge is 0.510 e. The Bertz CT molecular complexity index is 1490. The highest BCUT2D eigenvalue weighted by Crippen LogP contribution is 2.67. The van der Waals surface area contributed by atoms with Crippen LogP contribution in [-0.4, -0.2) is 32.7 Å². The first-order chi connectivity index (χ1) is 20.3. The number of benzene rings is 1. The molecule has 0 radical (unpaired) electrons. The fourth-order valence-corrected chi connectivity index (χ4v) is 7.09. The Labute approximate surface area is 263 Å². The fraction of sp³-hybridized carbons (Fsp3) is 0.500. The summed E-state index contributed by atoms with van der Waals surface area (Å²) in [6, 6.07) is 3.56. The molecule has 6 nitrogen and oxygen atoms in total. The number of Topliss-reactive ketones (excluding diaryl/α,β-unsaturated/α-hetero) is 3. The van der Waals surface area contributed by atoms with Crippen LogP contribution < -0.4 is 0 Å². The van der Waals surface area contributed by atoms with Gasteiger partial charge < -0.3 is 15.3 Å². The van der Waals surface area contributed by atoms with Gasteiger partial charge in [-0.15, -0.1) is 0 Å². The molecule has 1 aromatic rings. The number of carbonyl (C=O) groups is 3. The summed E-state index contributed by atoms with van der Waals surface area (Å²) < 4.78 is 0. The summed E-state index contributed by atoms with van der Waals surface area (Å²) in [6.07, 6.45) is 7.90. The molecule has 4 atom stereocenters. The summed E-state index contributed by atoms with van der Waals surface area (Å²) in [5.74, 6) is -3.57. The van der Waals surface area contributed by atoms with E-state index in [1.54, 1.807) is 0 Å². The first kappa shape index (κ1) is 34.8. The SMILES string of the molecule is C=C(C)C(CC=C(C)C)CC12CC(CC=C(C)C)C(C)(C)C(CC=C(C)C)(C(=O)C(C(=O)c3ccc(O)c(O)c3)=C1O)C2=O. The van der Waals surface area contributed by atoms with Crippen LogP contribution in [0.4, 0.5) is 0 Å². The van der Waals surface area contributed by atoms with Crippen LogP contribution in [0.3, 0.4) is 0 Å². The van der Waals surface area contributed by atoms with Crippen molar-refractivity contribution < 1.29 is 29.7 Å². The molecule has 44 heavy (non-hydrogen) atoms.